The minimum absolute atomic E-state index is 0.0860. The predicted molar refractivity (Wildman–Crippen MR) is 106 cm³/mol. The van der Waals surface area contributed by atoms with Crippen molar-refractivity contribution in [3.05, 3.63) is 21.9 Å². The first-order chi connectivity index (χ1) is 11.6. The number of hydrogen-bond donors (Lipinski definition) is 2. The normalized spacial score (nSPS) is 18.6. The van der Waals surface area contributed by atoms with E-state index in [2.05, 4.69) is 19.1 Å². The summed E-state index contributed by atoms with van der Waals surface area (Å²) in [7, 11) is 0. The monoisotopic (exact) mass is 351 g/mol. The number of thiophene rings is 1. The predicted octanol–water partition coefficient (Wildman–Crippen LogP) is 5.46. The van der Waals surface area contributed by atoms with Crippen molar-refractivity contribution >= 4 is 11.3 Å². The molecule has 0 aromatic carbocycles. The van der Waals surface area contributed by atoms with Gasteiger partial charge in [-0.15, -0.1) is 11.3 Å². The highest BCUT2D eigenvalue weighted by molar-refractivity contribution is 7.11. The van der Waals surface area contributed by atoms with Gasteiger partial charge in [-0.2, -0.15) is 0 Å². The Bertz CT molecular complexity index is 446. The number of aliphatic hydroxyl groups is 1. The van der Waals surface area contributed by atoms with Crippen LogP contribution in [-0.4, -0.2) is 17.3 Å². The fraction of sp³-hybridized carbons (Fsp3) is 0.810. The molecule has 1 aliphatic carbocycles. The molecule has 1 atom stereocenters. The molecule has 138 valence electrons. The zero-order valence-electron chi connectivity index (χ0n) is 15.6. The average Bonchev–Trinajstić information content (AvgIpc) is 3.08. The van der Waals surface area contributed by atoms with Crippen LogP contribution in [0.2, 0.25) is 0 Å². The van der Waals surface area contributed by atoms with Gasteiger partial charge < -0.3 is 10.8 Å². The maximum atomic E-state index is 9.41. The molecule has 1 saturated carbocycles. The van der Waals surface area contributed by atoms with Crippen LogP contribution < -0.4 is 5.73 Å². The van der Waals surface area contributed by atoms with Crippen LogP contribution in [0.4, 0.5) is 0 Å². The molecule has 3 heteroatoms. The summed E-state index contributed by atoms with van der Waals surface area (Å²) >= 11 is 1.94. The summed E-state index contributed by atoms with van der Waals surface area (Å²) in [5.41, 5.74) is 5.78. The molecule has 2 nitrogen and oxygen atoms in total. The van der Waals surface area contributed by atoms with Crippen molar-refractivity contribution in [2.75, 3.05) is 6.61 Å². The average molecular weight is 352 g/mol. The fourth-order valence-electron chi connectivity index (χ4n) is 3.82. The van der Waals surface area contributed by atoms with Gasteiger partial charge in [-0.3, -0.25) is 0 Å². The maximum absolute atomic E-state index is 9.41. The Labute approximate surface area is 152 Å². The molecule has 0 aliphatic heterocycles. The second-order valence-electron chi connectivity index (χ2n) is 7.85. The molecule has 1 aliphatic rings. The van der Waals surface area contributed by atoms with Crippen LogP contribution in [-0.2, 0) is 12.8 Å². The van der Waals surface area contributed by atoms with E-state index >= 15 is 0 Å². The van der Waals surface area contributed by atoms with E-state index in [4.69, 9.17) is 5.73 Å². The number of unbranched alkanes of at least 4 members (excludes halogenated alkanes) is 2. The molecule has 0 radical (unpaired) electrons. The molecular weight excluding hydrogens is 314 g/mol. The lowest BCUT2D eigenvalue weighted by Gasteiger charge is -2.25. The first-order valence-electron chi connectivity index (χ1n) is 10.1. The Morgan fingerprint density at radius 3 is 2.46 bits per heavy atom. The minimum atomic E-state index is -0.400. The third kappa shape index (κ3) is 6.85. The Hall–Kier alpha value is -0.380. The molecule has 2 rings (SSSR count). The summed E-state index contributed by atoms with van der Waals surface area (Å²) < 4.78 is 0. The van der Waals surface area contributed by atoms with Gasteiger partial charge in [0.1, 0.15) is 0 Å². The van der Waals surface area contributed by atoms with Crippen molar-refractivity contribution in [3.8, 4) is 0 Å². The van der Waals surface area contributed by atoms with E-state index < -0.39 is 5.54 Å². The third-order valence-electron chi connectivity index (χ3n) is 5.87. The highest BCUT2D eigenvalue weighted by atomic mass is 32.1. The molecule has 0 saturated heterocycles. The van der Waals surface area contributed by atoms with Crippen molar-refractivity contribution in [1.82, 2.24) is 0 Å². The van der Waals surface area contributed by atoms with Crippen molar-refractivity contribution in [2.45, 2.75) is 95.9 Å². The minimum Gasteiger partial charge on any atom is -0.394 e. The smallest absolute Gasteiger partial charge is 0.0611 e. The zero-order valence-corrected chi connectivity index (χ0v) is 16.4. The van der Waals surface area contributed by atoms with Gasteiger partial charge in [-0.05, 0) is 50.2 Å². The quantitative estimate of drug-likeness (QED) is 0.520. The van der Waals surface area contributed by atoms with Crippen LogP contribution in [0.25, 0.3) is 0 Å². The molecule has 1 fully saturated rings. The topological polar surface area (TPSA) is 46.2 Å². The van der Waals surface area contributed by atoms with Gasteiger partial charge in [0.15, 0.2) is 0 Å². The largest absolute Gasteiger partial charge is 0.394 e. The Morgan fingerprint density at radius 2 is 1.79 bits per heavy atom. The molecule has 0 spiro atoms. The van der Waals surface area contributed by atoms with E-state index in [-0.39, 0.29) is 6.61 Å². The van der Waals surface area contributed by atoms with E-state index in [9.17, 15) is 5.11 Å². The molecule has 1 aromatic heterocycles. The van der Waals surface area contributed by atoms with Gasteiger partial charge in [0.25, 0.3) is 0 Å². The highest BCUT2D eigenvalue weighted by Gasteiger charge is 2.21. The number of hydrogen-bond acceptors (Lipinski definition) is 3. The molecule has 1 aromatic rings. The number of aryl methyl sites for hydroxylation is 2. The molecule has 0 bridgehead atoms. The molecule has 1 heterocycles. The Morgan fingerprint density at radius 1 is 1.08 bits per heavy atom. The summed E-state index contributed by atoms with van der Waals surface area (Å²) in [5, 5.41) is 9.41. The lowest BCUT2D eigenvalue weighted by molar-refractivity contribution is 0.183. The lowest BCUT2D eigenvalue weighted by Crippen LogP contribution is -2.43. The maximum Gasteiger partial charge on any atom is 0.0611 e. The van der Waals surface area contributed by atoms with Gasteiger partial charge in [0.2, 0.25) is 0 Å². The standard InChI is InChI=1S/C21H37NOS/c1-2-21(22,17-23)16-15-20-14-13-19(24-20)12-8-4-7-11-18-9-5-3-6-10-18/h13-14,18,23H,2-12,15-17,22H2,1H3. The molecular formula is C21H37NOS. The number of nitrogens with two attached hydrogens (primary N) is 1. The van der Waals surface area contributed by atoms with Crippen molar-refractivity contribution in [1.29, 1.82) is 0 Å². The van der Waals surface area contributed by atoms with E-state index in [0.717, 1.165) is 25.2 Å². The van der Waals surface area contributed by atoms with Gasteiger partial charge in [-0.25, -0.2) is 0 Å². The van der Waals surface area contributed by atoms with Crippen LogP contribution in [0, 0.1) is 5.92 Å². The molecule has 1 unspecified atom stereocenters. The molecule has 0 amide bonds. The van der Waals surface area contributed by atoms with Crippen LogP contribution in [0.5, 0.6) is 0 Å². The summed E-state index contributed by atoms with van der Waals surface area (Å²) in [5.74, 6) is 1.04. The summed E-state index contributed by atoms with van der Waals surface area (Å²) in [6, 6.07) is 4.56. The van der Waals surface area contributed by atoms with Gasteiger partial charge in [0.05, 0.1) is 6.61 Å². The van der Waals surface area contributed by atoms with Crippen molar-refractivity contribution in [2.24, 2.45) is 11.7 Å². The zero-order chi connectivity index (χ0) is 17.3. The SMILES string of the molecule is CCC(N)(CO)CCc1ccc(CCCCCC2CCCCC2)s1. The van der Waals surface area contributed by atoms with Gasteiger partial charge in [-0.1, -0.05) is 58.3 Å². The Balaban J connectivity index is 1.59. The first-order valence-corrected chi connectivity index (χ1v) is 10.9. The molecule has 24 heavy (non-hydrogen) atoms. The van der Waals surface area contributed by atoms with Crippen molar-refractivity contribution in [3.63, 3.8) is 0 Å². The van der Waals surface area contributed by atoms with E-state index in [1.54, 1.807) is 0 Å². The van der Waals surface area contributed by atoms with E-state index in [1.165, 1.54) is 74.0 Å². The van der Waals surface area contributed by atoms with Crippen LogP contribution in [0.1, 0.15) is 87.3 Å². The fourth-order valence-corrected chi connectivity index (χ4v) is 4.88. The summed E-state index contributed by atoms with van der Waals surface area (Å²) in [6.45, 7) is 2.14. The van der Waals surface area contributed by atoms with Crippen LogP contribution in [0.15, 0.2) is 12.1 Å². The van der Waals surface area contributed by atoms with E-state index in [0.29, 0.717) is 0 Å². The second kappa shape index (κ2) is 10.6. The van der Waals surface area contributed by atoms with Gasteiger partial charge >= 0.3 is 0 Å². The summed E-state index contributed by atoms with van der Waals surface area (Å²) in [4.78, 5) is 2.94. The van der Waals surface area contributed by atoms with Crippen molar-refractivity contribution < 1.29 is 5.11 Å². The highest BCUT2D eigenvalue weighted by Crippen LogP contribution is 2.28. The summed E-state index contributed by atoms with van der Waals surface area (Å²) in [6.07, 6.45) is 16.9. The lowest BCUT2D eigenvalue weighted by atomic mass is 9.85. The van der Waals surface area contributed by atoms with E-state index in [1.807, 2.05) is 11.3 Å². The number of rotatable bonds is 11. The Kier molecular flexibility index (Phi) is 8.79. The second-order valence-corrected chi connectivity index (χ2v) is 9.10. The van der Waals surface area contributed by atoms with Gasteiger partial charge in [0, 0.05) is 15.3 Å². The van der Waals surface area contributed by atoms with Crippen LogP contribution in [0.3, 0.4) is 0 Å². The first kappa shape index (κ1) is 19.9. The molecule has 3 N–H and O–H groups in total. The third-order valence-corrected chi connectivity index (χ3v) is 7.07. The number of aliphatic hydroxyl groups excluding tert-OH is 1. The van der Waals surface area contributed by atoms with Crippen LogP contribution >= 0.6 is 11.3 Å².